The molecule has 3 aromatic carbocycles. The lowest BCUT2D eigenvalue weighted by Gasteiger charge is -2.20. The molecule has 1 N–H and O–H groups in total. The topological polar surface area (TPSA) is 83.5 Å². The molecule has 0 unspecified atom stereocenters. The Hall–Kier alpha value is -3.45. The molecule has 0 spiro atoms. The zero-order valence-electron chi connectivity index (χ0n) is 16.9. The fraction of sp³-hybridized carbons (Fsp3) is 0.130. The zero-order chi connectivity index (χ0) is 21.9. The van der Waals surface area contributed by atoms with Crippen LogP contribution in [0.3, 0.4) is 0 Å². The number of Topliss-reactive ketones (excluding diaryl/α,β-unsaturated/α-hetero) is 1. The Bertz CT molecular complexity index is 1220. The van der Waals surface area contributed by atoms with Crippen LogP contribution in [0.1, 0.15) is 33.2 Å². The molecule has 0 atom stereocenters. The van der Waals surface area contributed by atoms with Crippen molar-refractivity contribution in [1.82, 2.24) is 0 Å². The second-order valence-electron chi connectivity index (χ2n) is 6.93. The van der Waals surface area contributed by atoms with E-state index in [9.17, 15) is 18.0 Å². The average molecular weight is 423 g/mol. The highest BCUT2D eigenvalue weighted by Gasteiger charge is 2.22. The molecule has 3 aromatic rings. The smallest absolute Gasteiger partial charge is 0.264 e. The number of nitrogens with one attached hydrogen (secondary N) is 1. The van der Waals surface area contributed by atoms with E-state index < -0.39 is 15.9 Å². The Kier molecular flexibility index (Phi) is 6.03. The average Bonchev–Trinajstić information content (AvgIpc) is 2.73. The van der Waals surface area contributed by atoms with Gasteiger partial charge in [-0.25, -0.2) is 8.42 Å². The van der Waals surface area contributed by atoms with Crippen molar-refractivity contribution < 1.29 is 18.0 Å². The van der Waals surface area contributed by atoms with Crippen LogP contribution in [0.25, 0.3) is 0 Å². The van der Waals surface area contributed by atoms with E-state index in [0.717, 1.165) is 5.56 Å². The fourth-order valence-corrected chi connectivity index (χ4v) is 4.17. The minimum Gasteiger partial charge on any atom is -0.322 e. The van der Waals surface area contributed by atoms with Gasteiger partial charge in [-0.2, -0.15) is 0 Å². The van der Waals surface area contributed by atoms with E-state index in [2.05, 4.69) is 5.32 Å². The molecule has 0 aliphatic rings. The third-order valence-corrected chi connectivity index (χ3v) is 6.43. The van der Waals surface area contributed by atoms with Crippen LogP contribution in [-0.4, -0.2) is 27.2 Å². The first kappa shape index (κ1) is 21.3. The first-order chi connectivity index (χ1) is 14.2. The van der Waals surface area contributed by atoms with E-state index in [-0.39, 0.29) is 16.2 Å². The van der Waals surface area contributed by atoms with Crippen LogP contribution in [0.2, 0.25) is 0 Å². The van der Waals surface area contributed by atoms with Crippen molar-refractivity contribution in [2.75, 3.05) is 16.7 Å². The molecule has 0 fully saturated rings. The molecule has 6 nitrogen and oxygen atoms in total. The standard InChI is InChI=1S/C23H22N2O4S/c1-16-7-4-11-21(13-16)25(3)30(28,29)22-12-6-9-19(15-22)23(27)24-20-10-5-8-18(14-20)17(2)26/h4-15H,1-3H3,(H,24,27). The summed E-state index contributed by atoms with van der Waals surface area (Å²) in [5.41, 5.74) is 2.60. The quantitative estimate of drug-likeness (QED) is 0.601. The van der Waals surface area contributed by atoms with Crippen molar-refractivity contribution in [2.24, 2.45) is 0 Å². The molecule has 0 bridgehead atoms. The number of benzene rings is 3. The molecule has 0 radical (unpaired) electrons. The van der Waals surface area contributed by atoms with Crippen LogP contribution in [-0.2, 0) is 10.0 Å². The number of carbonyl (C=O) groups is 2. The van der Waals surface area contributed by atoms with Crippen molar-refractivity contribution in [3.05, 3.63) is 89.5 Å². The number of ketones is 1. The first-order valence-electron chi connectivity index (χ1n) is 9.26. The SMILES string of the molecule is CC(=O)c1cccc(NC(=O)c2cccc(S(=O)(=O)N(C)c3cccc(C)c3)c2)c1. The summed E-state index contributed by atoms with van der Waals surface area (Å²) in [5, 5.41) is 2.70. The highest BCUT2D eigenvalue weighted by molar-refractivity contribution is 7.92. The molecule has 3 rings (SSSR count). The summed E-state index contributed by atoms with van der Waals surface area (Å²) in [6.07, 6.45) is 0. The molecule has 154 valence electrons. The maximum Gasteiger partial charge on any atom is 0.264 e. The normalized spacial score (nSPS) is 11.0. The van der Waals surface area contributed by atoms with Gasteiger partial charge in [-0.1, -0.05) is 30.3 Å². The molecule has 0 aliphatic heterocycles. The van der Waals surface area contributed by atoms with Crippen LogP contribution >= 0.6 is 0 Å². The van der Waals surface area contributed by atoms with Gasteiger partial charge in [0.25, 0.3) is 15.9 Å². The van der Waals surface area contributed by atoms with Crippen molar-refractivity contribution in [2.45, 2.75) is 18.7 Å². The Morgan fingerprint density at radius 1 is 0.867 bits per heavy atom. The molecular weight excluding hydrogens is 400 g/mol. The van der Waals surface area contributed by atoms with Gasteiger partial charge in [0, 0.05) is 23.9 Å². The maximum absolute atomic E-state index is 13.1. The van der Waals surface area contributed by atoms with E-state index >= 15 is 0 Å². The van der Waals surface area contributed by atoms with Crippen LogP contribution in [0, 0.1) is 6.92 Å². The van der Waals surface area contributed by atoms with E-state index in [1.165, 1.54) is 42.5 Å². The van der Waals surface area contributed by atoms with Gasteiger partial charge in [-0.3, -0.25) is 13.9 Å². The van der Waals surface area contributed by atoms with Crippen molar-refractivity contribution >= 4 is 33.1 Å². The Morgan fingerprint density at radius 2 is 1.53 bits per heavy atom. The second kappa shape index (κ2) is 8.51. The minimum atomic E-state index is -3.85. The zero-order valence-corrected chi connectivity index (χ0v) is 17.7. The van der Waals surface area contributed by atoms with Gasteiger partial charge in [0.05, 0.1) is 10.6 Å². The summed E-state index contributed by atoms with van der Waals surface area (Å²) in [4.78, 5) is 24.2. The summed E-state index contributed by atoms with van der Waals surface area (Å²) < 4.78 is 27.3. The van der Waals surface area contributed by atoms with E-state index in [4.69, 9.17) is 0 Å². The van der Waals surface area contributed by atoms with Crippen LogP contribution < -0.4 is 9.62 Å². The minimum absolute atomic E-state index is 0.0108. The van der Waals surface area contributed by atoms with Gasteiger partial charge < -0.3 is 5.32 Å². The molecule has 0 heterocycles. The highest BCUT2D eigenvalue weighted by atomic mass is 32.2. The summed E-state index contributed by atoms with van der Waals surface area (Å²) in [6.45, 7) is 3.33. The monoisotopic (exact) mass is 422 g/mol. The van der Waals surface area contributed by atoms with E-state index in [0.29, 0.717) is 16.9 Å². The largest absolute Gasteiger partial charge is 0.322 e. The van der Waals surface area contributed by atoms with Gasteiger partial charge in [-0.05, 0) is 61.9 Å². The number of sulfonamides is 1. The second-order valence-corrected chi connectivity index (χ2v) is 8.90. The molecule has 0 aliphatic carbocycles. The number of aryl methyl sites for hydroxylation is 1. The molecule has 1 amide bonds. The molecule has 30 heavy (non-hydrogen) atoms. The third-order valence-electron chi connectivity index (χ3n) is 4.65. The van der Waals surface area contributed by atoms with Crippen LogP contribution in [0.5, 0.6) is 0 Å². The Labute approximate surface area is 176 Å². The lowest BCUT2D eigenvalue weighted by Crippen LogP contribution is -2.27. The molecule has 0 aromatic heterocycles. The van der Waals surface area contributed by atoms with Crippen molar-refractivity contribution in [3.8, 4) is 0 Å². The number of nitrogens with zero attached hydrogens (tertiary/aromatic N) is 1. The maximum atomic E-state index is 13.1. The van der Waals surface area contributed by atoms with Gasteiger partial charge >= 0.3 is 0 Å². The third kappa shape index (κ3) is 4.58. The molecular formula is C23H22N2O4S. The number of carbonyl (C=O) groups excluding carboxylic acids is 2. The van der Waals surface area contributed by atoms with Crippen LogP contribution in [0.4, 0.5) is 11.4 Å². The number of anilines is 2. The first-order valence-corrected chi connectivity index (χ1v) is 10.7. The van der Waals surface area contributed by atoms with E-state index in [1.807, 2.05) is 13.0 Å². The van der Waals surface area contributed by atoms with Gasteiger partial charge in [-0.15, -0.1) is 0 Å². The predicted molar refractivity (Wildman–Crippen MR) is 118 cm³/mol. The van der Waals surface area contributed by atoms with Gasteiger partial charge in [0.1, 0.15) is 0 Å². The molecule has 0 saturated carbocycles. The highest BCUT2D eigenvalue weighted by Crippen LogP contribution is 2.24. The lowest BCUT2D eigenvalue weighted by molar-refractivity contribution is 0.101. The Morgan fingerprint density at radius 3 is 2.23 bits per heavy atom. The predicted octanol–water partition coefficient (Wildman–Crippen LogP) is 4.28. The van der Waals surface area contributed by atoms with Crippen molar-refractivity contribution in [1.29, 1.82) is 0 Å². The number of rotatable bonds is 6. The van der Waals surface area contributed by atoms with Gasteiger partial charge in [0.2, 0.25) is 0 Å². The summed E-state index contributed by atoms with van der Waals surface area (Å²) in [5.74, 6) is -0.579. The lowest BCUT2D eigenvalue weighted by atomic mass is 10.1. The van der Waals surface area contributed by atoms with Crippen molar-refractivity contribution in [3.63, 3.8) is 0 Å². The summed E-state index contributed by atoms with van der Waals surface area (Å²) in [7, 11) is -2.37. The fourth-order valence-electron chi connectivity index (χ4n) is 2.94. The summed E-state index contributed by atoms with van der Waals surface area (Å²) >= 11 is 0. The Balaban J connectivity index is 1.87. The van der Waals surface area contributed by atoms with Gasteiger partial charge in [0.15, 0.2) is 5.78 Å². The summed E-state index contributed by atoms with van der Waals surface area (Å²) in [6, 6.07) is 19.6. The number of hydrogen-bond acceptors (Lipinski definition) is 4. The molecule has 7 heteroatoms. The van der Waals surface area contributed by atoms with E-state index in [1.54, 1.807) is 42.5 Å². The number of amides is 1. The van der Waals surface area contributed by atoms with Crippen LogP contribution in [0.15, 0.2) is 77.7 Å². The number of hydrogen-bond donors (Lipinski definition) is 1. The molecule has 0 saturated heterocycles.